The number of aromatic nitrogens is 1. The molecule has 98 valence electrons. The Hall–Kier alpha value is -1.63. The summed E-state index contributed by atoms with van der Waals surface area (Å²) in [6, 6.07) is 11.0. The van der Waals surface area contributed by atoms with Gasteiger partial charge in [0.1, 0.15) is 5.56 Å². The second-order valence-electron chi connectivity index (χ2n) is 3.72. The predicted octanol–water partition coefficient (Wildman–Crippen LogP) is 3.34. The largest absolute Gasteiger partial charge is 0.477 e. The molecule has 2 aromatic rings. The molecule has 0 aliphatic rings. The summed E-state index contributed by atoms with van der Waals surface area (Å²) in [4.78, 5) is 16.3. The number of carbonyl (C=O) groups is 1. The van der Waals surface area contributed by atoms with Crippen LogP contribution >= 0.6 is 22.6 Å². The molecule has 0 unspecified atom stereocenters. The van der Waals surface area contributed by atoms with Gasteiger partial charge in [-0.15, -0.1) is 0 Å². The highest BCUT2D eigenvalue weighted by Crippen LogP contribution is 2.20. The molecule has 4 nitrogen and oxygen atoms in total. The summed E-state index contributed by atoms with van der Waals surface area (Å²) in [7, 11) is 0. The van der Waals surface area contributed by atoms with Crippen LogP contribution in [0.25, 0.3) is 0 Å². The molecule has 19 heavy (non-hydrogen) atoms. The van der Waals surface area contributed by atoms with E-state index in [4.69, 9.17) is 4.74 Å². The van der Waals surface area contributed by atoms with Crippen LogP contribution in [0.1, 0.15) is 17.3 Å². The molecule has 0 atom stereocenters. The molecule has 1 N–H and O–H groups in total. The van der Waals surface area contributed by atoms with Crippen LogP contribution in [0.3, 0.4) is 0 Å². The van der Waals surface area contributed by atoms with Gasteiger partial charge >= 0.3 is 0 Å². The molecule has 0 fully saturated rings. The lowest BCUT2D eigenvalue weighted by Crippen LogP contribution is -2.15. The highest BCUT2D eigenvalue weighted by atomic mass is 127. The van der Waals surface area contributed by atoms with Gasteiger partial charge in [-0.05, 0) is 53.8 Å². The van der Waals surface area contributed by atoms with Crippen molar-refractivity contribution < 1.29 is 9.53 Å². The lowest BCUT2D eigenvalue weighted by molar-refractivity contribution is 0.102. The summed E-state index contributed by atoms with van der Waals surface area (Å²) >= 11 is 2.18. The van der Waals surface area contributed by atoms with Crippen LogP contribution in [0.5, 0.6) is 5.88 Å². The van der Waals surface area contributed by atoms with Crippen molar-refractivity contribution in [2.75, 3.05) is 11.9 Å². The van der Waals surface area contributed by atoms with Crippen LogP contribution in [-0.2, 0) is 0 Å². The zero-order valence-corrected chi connectivity index (χ0v) is 12.5. The van der Waals surface area contributed by atoms with Gasteiger partial charge in [0, 0.05) is 9.77 Å². The highest BCUT2D eigenvalue weighted by molar-refractivity contribution is 14.1. The monoisotopic (exact) mass is 368 g/mol. The molecule has 0 radical (unpaired) electrons. The Bertz CT molecular complexity index is 587. The van der Waals surface area contributed by atoms with Crippen molar-refractivity contribution >= 4 is 34.2 Å². The normalized spacial score (nSPS) is 10.0. The van der Waals surface area contributed by atoms with E-state index < -0.39 is 0 Å². The van der Waals surface area contributed by atoms with Crippen molar-refractivity contribution in [1.29, 1.82) is 0 Å². The van der Waals surface area contributed by atoms with Crippen molar-refractivity contribution in [1.82, 2.24) is 4.98 Å². The second-order valence-corrected chi connectivity index (χ2v) is 4.89. The molecule has 0 saturated carbocycles. The van der Waals surface area contributed by atoms with Gasteiger partial charge in [-0.2, -0.15) is 0 Å². The third-order valence-electron chi connectivity index (χ3n) is 2.42. The lowest BCUT2D eigenvalue weighted by atomic mass is 10.2. The fourth-order valence-corrected chi connectivity index (χ4v) is 2.09. The number of anilines is 1. The van der Waals surface area contributed by atoms with Crippen molar-refractivity contribution in [3.63, 3.8) is 0 Å². The smallest absolute Gasteiger partial charge is 0.261 e. The summed E-state index contributed by atoms with van der Waals surface area (Å²) in [5.74, 6) is 0.133. The molecule has 0 saturated heterocycles. The maximum atomic E-state index is 12.2. The van der Waals surface area contributed by atoms with E-state index in [1.54, 1.807) is 18.3 Å². The molecule has 0 spiro atoms. The van der Waals surface area contributed by atoms with Crippen LogP contribution in [0, 0.1) is 3.57 Å². The van der Waals surface area contributed by atoms with Gasteiger partial charge in [0.2, 0.25) is 5.88 Å². The van der Waals surface area contributed by atoms with Crippen LogP contribution < -0.4 is 10.1 Å². The lowest BCUT2D eigenvalue weighted by Gasteiger charge is -2.10. The van der Waals surface area contributed by atoms with Crippen LogP contribution in [0.15, 0.2) is 42.6 Å². The molecule has 0 aliphatic heterocycles. The third kappa shape index (κ3) is 3.44. The van der Waals surface area contributed by atoms with Gasteiger partial charge < -0.3 is 10.1 Å². The minimum atomic E-state index is -0.222. The quantitative estimate of drug-likeness (QED) is 0.843. The molecule has 0 bridgehead atoms. The van der Waals surface area contributed by atoms with E-state index in [1.807, 2.05) is 31.2 Å². The van der Waals surface area contributed by atoms with E-state index in [9.17, 15) is 4.79 Å². The van der Waals surface area contributed by atoms with Gasteiger partial charge in [0.15, 0.2) is 0 Å². The number of hydrogen-bond donors (Lipinski definition) is 1. The molecule has 1 heterocycles. The van der Waals surface area contributed by atoms with Crippen LogP contribution in [-0.4, -0.2) is 17.5 Å². The zero-order chi connectivity index (χ0) is 13.7. The SMILES string of the molecule is CCOc1ncccc1C(=O)Nc1ccccc1I. The summed E-state index contributed by atoms with van der Waals surface area (Å²) in [5.41, 5.74) is 1.21. The maximum Gasteiger partial charge on any atom is 0.261 e. The van der Waals surface area contributed by atoms with Crippen molar-refractivity contribution in [3.05, 3.63) is 51.7 Å². The average molecular weight is 368 g/mol. The molecule has 1 amide bonds. The molecule has 1 aromatic heterocycles. The molecule has 5 heteroatoms. The van der Waals surface area contributed by atoms with E-state index >= 15 is 0 Å². The first-order valence-corrected chi connectivity index (χ1v) is 6.94. The summed E-state index contributed by atoms with van der Waals surface area (Å²) < 4.78 is 6.33. The minimum absolute atomic E-state index is 0.222. The number of nitrogens with one attached hydrogen (secondary N) is 1. The van der Waals surface area contributed by atoms with Gasteiger partial charge in [-0.1, -0.05) is 12.1 Å². The Balaban J connectivity index is 2.23. The molecule has 2 rings (SSSR count). The second kappa shape index (κ2) is 6.51. The minimum Gasteiger partial charge on any atom is -0.477 e. The first kappa shape index (κ1) is 13.8. The zero-order valence-electron chi connectivity index (χ0n) is 10.4. The van der Waals surface area contributed by atoms with E-state index in [1.165, 1.54) is 0 Å². The number of benzene rings is 1. The van der Waals surface area contributed by atoms with Crippen LogP contribution in [0.2, 0.25) is 0 Å². The molecule has 0 aliphatic carbocycles. The topological polar surface area (TPSA) is 51.2 Å². The Morgan fingerprint density at radius 2 is 2.11 bits per heavy atom. The van der Waals surface area contributed by atoms with E-state index in [2.05, 4.69) is 32.9 Å². The van der Waals surface area contributed by atoms with E-state index in [-0.39, 0.29) is 5.91 Å². The summed E-state index contributed by atoms with van der Waals surface area (Å²) in [6.45, 7) is 2.33. The van der Waals surface area contributed by atoms with E-state index in [0.29, 0.717) is 18.1 Å². The fourth-order valence-electron chi connectivity index (χ4n) is 1.57. The highest BCUT2D eigenvalue weighted by Gasteiger charge is 2.14. The molecular formula is C14H13IN2O2. The van der Waals surface area contributed by atoms with Gasteiger partial charge in [-0.3, -0.25) is 4.79 Å². The summed E-state index contributed by atoms with van der Waals surface area (Å²) in [5, 5.41) is 2.86. The predicted molar refractivity (Wildman–Crippen MR) is 82.5 cm³/mol. The number of pyridine rings is 1. The van der Waals surface area contributed by atoms with Gasteiger partial charge in [0.05, 0.1) is 12.3 Å². The maximum absolute atomic E-state index is 12.2. The fraction of sp³-hybridized carbons (Fsp3) is 0.143. The number of amides is 1. The van der Waals surface area contributed by atoms with Crippen molar-refractivity contribution in [2.45, 2.75) is 6.92 Å². The van der Waals surface area contributed by atoms with Gasteiger partial charge in [-0.25, -0.2) is 4.98 Å². The number of hydrogen-bond acceptors (Lipinski definition) is 3. The Labute approximate surface area is 125 Å². The first-order valence-electron chi connectivity index (χ1n) is 5.86. The standard InChI is InChI=1S/C14H13IN2O2/c1-2-19-14-10(6-5-9-16-14)13(18)17-12-8-4-3-7-11(12)15/h3-9H,2H2,1H3,(H,17,18). The average Bonchev–Trinajstić information content (AvgIpc) is 2.42. The van der Waals surface area contributed by atoms with E-state index in [0.717, 1.165) is 9.26 Å². The third-order valence-corrected chi connectivity index (χ3v) is 3.36. The number of halogens is 1. The first-order chi connectivity index (χ1) is 9.22. The Morgan fingerprint density at radius 3 is 2.84 bits per heavy atom. The Kier molecular flexibility index (Phi) is 4.73. The summed E-state index contributed by atoms with van der Waals surface area (Å²) in [6.07, 6.45) is 1.61. The number of rotatable bonds is 4. The van der Waals surface area contributed by atoms with Crippen LogP contribution in [0.4, 0.5) is 5.69 Å². The van der Waals surface area contributed by atoms with Crippen molar-refractivity contribution in [2.24, 2.45) is 0 Å². The van der Waals surface area contributed by atoms with Crippen molar-refractivity contribution in [3.8, 4) is 5.88 Å². The number of para-hydroxylation sites is 1. The number of nitrogens with zero attached hydrogens (tertiary/aromatic N) is 1. The molecule has 1 aromatic carbocycles. The Morgan fingerprint density at radius 1 is 1.32 bits per heavy atom. The van der Waals surface area contributed by atoms with Gasteiger partial charge in [0.25, 0.3) is 5.91 Å². The number of ether oxygens (including phenoxy) is 1. The number of carbonyl (C=O) groups excluding carboxylic acids is 1. The molecular weight excluding hydrogens is 355 g/mol.